The van der Waals surface area contributed by atoms with E-state index in [1.165, 1.54) is 51.9 Å². The minimum Gasteiger partial charge on any atom is -0.496 e. The lowest BCUT2D eigenvalue weighted by molar-refractivity contribution is 0.143. The number of benzene rings is 1. The molecule has 3 heteroatoms. The highest BCUT2D eigenvalue weighted by Gasteiger charge is 2.24. The molecular weight excluding hydrogens is 308 g/mol. The van der Waals surface area contributed by atoms with Crippen molar-refractivity contribution in [2.45, 2.75) is 52.5 Å². The van der Waals surface area contributed by atoms with Gasteiger partial charge < -0.3 is 14.5 Å². The van der Waals surface area contributed by atoms with Crippen molar-refractivity contribution in [1.82, 2.24) is 9.80 Å². The molecule has 0 radical (unpaired) electrons. The van der Waals surface area contributed by atoms with Gasteiger partial charge in [-0.25, -0.2) is 0 Å². The average Bonchev–Trinajstić information content (AvgIpc) is 3.20. The summed E-state index contributed by atoms with van der Waals surface area (Å²) in [6, 6.07) is 6.94. The number of hydrogen-bond donors (Lipinski definition) is 0. The Kier molecular flexibility index (Phi) is 10.5. The first kappa shape index (κ1) is 21.7. The molecule has 3 rings (SSSR count). The molecule has 1 aromatic carbocycles. The lowest BCUT2D eigenvalue weighted by atomic mass is 10.0. The second-order valence-corrected chi connectivity index (χ2v) is 6.71. The van der Waals surface area contributed by atoms with Gasteiger partial charge in [-0.3, -0.25) is 0 Å². The van der Waals surface area contributed by atoms with Crippen LogP contribution in [0.3, 0.4) is 0 Å². The van der Waals surface area contributed by atoms with Gasteiger partial charge in [-0.15, -0.1) is 0 Å². The highest BCUT2D eigenvalue weighted by atomic mass is 16.5. The summed E-state index contributed by atoms with van der Waals surface area (Å²) < 4.78 is 5.14. The van der Waals surface area contributed by atoms with Crippen molar-refractivity contribution < 1.29 is 4.74 Å². The van der Waals surface area contributed by atoms with Crippen LogP contribution < -0.4 is 4.74 Å². The maximum atomic E-state index is 5.14. The fraction of sp³-hybridized carbons (Fsp3) is 0.636. The predicted octanol–water partition coefficient (Wildman–Crippen LogP) is 4.85. The van der Waals surface area contributed by atoms with Crippen molar-refractivity contribution in [2.75, 3.05) is 40.3 Å². The van der Waals surface area contributed by atoms with E-state index in [0.29, 0.717) is 0 Å². The summed E-state index contributed by atoms with van der Waals surface area (Å²) in [5.41, 5.74) is 2.24. The second kappa shape index (κ2) is 12.1. The average molecular weight is 347 g/mol. The van der Waals surface area contributed by atoms with Gasteiger partial charge in [-0.05, 0) is 83.0 Å². The molecule has 2 heterocycles. The van der Waals surface area contributed by atoms with E-state index < -0.39 is 0 Å². The van der Waals surface area contributed by atoms with Crippen LogP contribution in [-0.4, -0.2) is 56.2 Å². The van der Waals surface area contributed by atoms with E-state index in [9.17, 15) is 0 Å². The number of methoxy groups -OCH3 is 1. The van der Waals surface area contributed by atoms with Gasteiger partial charge in [0.1, 0.15) is 5.75 Å². The van der Waals surface area contributed by atoms with Crippen molar-refractivity contribution in [3.05, 3.63) is 35.9 Å². The Hall–Kier alpha value is -1.32. The summed E-state index contributed by atoms with van der Waals surface area (Å²) in [6.07, 6.45) is 7.48. The number of rotatable bonds is 3. The third-order valence-corrected chi connectivity index (χ3v) is 5.01. The molecular formula is C22H38N2O. The van der Waals surface area contributed by atoms with Crippen molar-refractivity contribution in [3.8, 4) is 5.75 Å². The second-order valence-electron chi connectivity index (χ2n) is 6.71. The van der Waals surface area contributed by atoms with E-state index in [-0.39, 0.29) is 0 Å². The Morgan fingerprint density at radius 3 is 2.20 bits per heavy atom. The summed E-state index contributed by atoms with van der Waals surface area (Å²) in [5.74, 6) is 0.919. The standard InChI is InChI=1S/C10H20N2.C10H12O.C2H6/c1-11-8-4-10(5-9-11)12-6-2-3-7-12;1-4-9-6-5-8(2)10(7-9)11-3;1-2/h10H,2-9H2,1H3;4-7H,1H2,2-3H3;1-2H3. The Balaban J connectivity index is 0.000000229. The molecule has 2 aliphatic heterocycles. The fourth-order valence-corrected chi connectivity index (χ4v) is 3.43. The van der Waals surface area contributed by atoms with Crippen molar-refractivity contribution in [1.29, 1.82) is 0 Å². The van der Waals surface area contributed by atoms with E-state index in [4.69, 9.17) is 4.74 Å². The molecule has 0 bridgehead atoms. The van der Waals surface area contributed by atoms with Crippen LogP contribution in [-0.2, 0) is 0 Å². The molecule has 2 saturated heterocycles. The largest absolute Gasteiger partial charge is 0.496 e. The van der Waals surface area contributed by atoms with Crippen LogP contribution in [0.5, 0.6) is 5.75 Å². The van der Waals surface area contributed by atoms with Crippen molar-refractivity contribution in [3.63, 3.8) is 0 Å². The van der Waals surface area contributed by atoms with Crippen LogP contribution in [0, 0.1) is 6.92 Å². The molecule has 0 aromatic heterocycles. The maximum absolute atomic E-state index is 5.14. The molecule has 0 amide bonds. The zero-order chi connectivity index (χ0) is 18.7. The summed E-state index contributed by atoms with van der Waals surface area (Å²) >= 11 is 0. The number of aryl methyl sites for hydroxylation is 1. The molecule has 142 valence electrons. The maximum Gasteiger partial charge on any atom is 0.122 e. The minimum atomic E-state index is 0.919. The zero-order valence-electron chi connectivity index (χ0n) is 17.1. The molecule has 2 aliphatic rings. The Morgan fingerprint density at radius 2 is 1.68 bits per heavy atom. The number of nitrogens with zero attached hydrogens (tertiary/aromatic N) is 2. The minimum absolute atomic E-state index is 0.919. The first-order valence-electron chi connectivity index (χ1n) is 9.83. The van der Waals surface area contributed by atoms with Gasteiger partial charge in [0.25, 0.3) is 0 Å². The van der Waals surface area contributed by atoms with E-state index in [1.54, 1.807) is 7.11 Å². The van der Waals surface area contributed by atoms with Crippen LogP contribution in [0.15, 0.2) is 24.8 Å². The highest BCUT2D eigenvalue weighted by molar-refractivity contribution is 5.51. The van der Waals surface area contributed by atoms with Crippen LogP contribution in [0.4, 0.5) is 0 Å². The van der Waals surface area contributed by atoms with Crippen molar-refractivity contribution in [2.24, 2.45) is 0 Å². The highest BCUT2D eigenvalue weighted by Crippen LogP contribution is 2.20. The van der Waals surface area contributed by atoms with E-state index in [2.05, 4.69) is 23.4 Å². The summed E-state index contributed by atoms with van der Waals surface area (Å²) in [4.78, 5) is 5.15. The van der Waals surface area contributed by atoms with Crippen LogP contribution in [0.2, 0.25) is 0 Å². The normalized spacial score (nSPS) is 18.6. The smallest absolute Gasteiger partial charge is 0.122 e. The van der Waals surface area contributed by atoms with Crippen LogP contribution in [0.25, 0.3) is 6.08 Å². The number of piperidine rings is 1. The molecule has 0 aliphatic carbocycles. The number of hydrogen-bond acceptors (Lipinski definition) is 3. The molecule has 1 aromatic rings. The fourth-order valence-electron chi connectivity index (χ4n) is 3.43. The molecule has 0 atom stereocenters. The predicted molar refractivity (Wildman–Crippen MR) is 110 cm³/mol. The molecule has 0 spiro atoms. The van der Waals surface area contributed by atoms with Gasteiger partial charge in [0.15, 0.2) is 0 Å². The first-order valence-corrected chi connectivity index (χ1v) is 9.83. The summed E-state index contributed by atoms with van der Waals surface area (Å²) in [6.45, 7) is 15.1. The van der Waals surface area contributed by atoms with Crippen LogP contribution >= 0.6 is 0 Å². The molecule has 2 fully saturated rings. The van der Waals surface area contributed by atoms with Crippen LogP contribution in [0.1, 0.15) is 50.7 Å². The van der Waals surface area contributed by atoms with Gasteiger partial charge in [-0.2, -0.15) is 0 Å². The lowest BCUT2D eigenvalue weighted by Crippen LogP contribution is -2.42. The topological polar surface area (TPSA) is 15.7 Å². The van der Waals surface area contributed by atoms with Gasteiger partial charge in [0.05, 0.1) is 7.11 Å². The zero-order valence-corrected chi connectivity index (χ0v) is 17.1. The van der Waals surface area contributed by atoms with E-state index >= 15 is 0 Å². The van der Waals surface area contributed by atoms with Gasteiger partial charge in [0, 0.05) is 6.04 Å². The van der Waals surface area contributed by atoms with E-state index in [1.807, 2.05) is 45.0 Å². The third-order valence-electron chi connectivity index (χ3n) is 5.01. The molecule has 0 saturated carbocycles. The SMILES string of the molecule is C=Cc1ccc(C)c(OC)c1.CC.CN1CCC(N2CCCC2)CC1. The van der Waals surface area contributed by atoms with E-state index in [0.717, 1.165) is 22.9 Å². The summed E-state index contributed by atoms with van der Waals surface area (Å²) in [5, 5.41) is 0. The Morgan fingerprint density at radius 1 is 1.08 bits per heavy atom. The quantitative estimate of drug-likeness (QED) is 0.778. The van der Waals surface area contributed by atoms with Gasteiger partial charge in [-0.1, -0.05) is 38.6 Å². The number of likely N-dealkylation sites (tertiary alicyclic amines) is 2. The van der Waals surface area contributed by atoms with Gasteiger partial charge >= 0.3 is 0 Å². The monoisotopic (exact) mass is 346 g/mol. The Labute approximate surface area is 155 Å². The number of ether oxygens (including phenoxy) is 1. The molecule has 25 heavy (non-hydrogen) atoms. The Bertz CT molecular complexity index is 487. The lowest BCUT2D eigenvalue weighted by Gasteiger charge is -2.34. The molecule has 3 nitrogen and oxygen atoms in total. The third kappa shape index (κ3) is 7.21. The first-order chi connectivity index (χ1) is 12.1. The summed E-state index contributed by atoms with van der Waals surface area (Å²) in [7, 11) is 3.91. The molecule has 0 N–H and O–H groups in total. The van der Waals surface area contributed by atoms with Gasteiger partial charge in [0.2, 0.25) is 0 Å². The van der Waals surface area contributed by atoms with Crippen molar-refractivity contribution >= 4 is 6.08 Å². The molecule has 0 unspecified atom stereocenters.